The third kappa shape index (κ3) is 5.70. The fourth-order valence-corrected chi connectivity index (χ4v) is 3.56. The number of rotatable bonds is 7. The first-order valence-electron chi connectivity index (χ1n) is 10.1. The average molecular weight is 441 g/mol. The van der Waals surface area contributed by atoms with Crippen molar-refractivity contribution in [1.82, 2.24) is 20.2 Å². The van der Waals surface area contributed by atoms with Crippen molar-refractivity contribution in [2.24, 2.45) is 0 Å². The first-order valence-corrected chi connectivity index (χ1v) is 10.4. The maximum atomic E-state index is 13.0. The zero-order chi connectivity index (χ0) is 22.5. The summed E-state index contributed by atoms with van der Waals surface area (Å²) in [5.41, 5.74) is 2.15. The molecule has 0 saturated heterocycles. The van der Waals surface area contributed by atoms with Crippen molar-refractivity contribution in [3.05, 3.63) is 74.8 Å². The lowest BCUT2D eigenvalue weighted by Gasteiger charge is -2.24. The standard InChI is InChI=1S/C23H25ClN4O3/c1-4-28(13-21-26-20-11-17(24)9-10-18(20)23(31)27-21)22(30)12-19(25-15(3)29)16-7-5-14(2)6-8-16/h5-11,19H,4,12-13H2,1-3H3,(H,25,29)(H,26,27,31)/t19-/m0/s1. The molecular formula is C23H25ClN4O3. The highest BCUT2D eigenvalue weighted by Crippen LogP contribution is 2.20. The largest absolute Gasteiger partial charge is 0.349 e. The second-order valence-electron chi connectivity index (χ2n) is 7.45. The Morgan fingerprint density at radius 2 is 1.90 bits per heavy atom. The van der Waals surface area contributed by atoms with E-state index in [0.29, 0.717) is 28.3 Å². The quantitative estimate of drug-likeness (QED) is 0.587. The molecule has 2 aromatic carbocycles. The van der Waals surface area contributed by atoms with Crippen molar-refractivity contribution >= 4 is 34.3 Å². The van der Waals surface area contributed by atoms with Crippen molar-refractivity contribution in [3.63, 3.8) is 0 Å². The van der Waals surface area contributed by atoms with E-state index in [9.17, 15) is 14.4 Å². The van der Waals surface area contributed by atoms with Gasteiger partial charge in [-0.2, -0.15) is 0 Å². The normalized spacial score (nSPS) is 11.9. The van der Waals surface area contributed by atoms with Crippen LogP contribution in [0.4, 0.5) is 0 Å². The number of fused-ring (bicyclic) bond motifs is 1. The van der Waals surface area contributed by atoms with Gasteiger partial charge in [-0.25, -0.2) is 4.98 Å². The van der Waals surface area contributed by atoms with Crippen LogP contribution >= 0.6 is 11.6 Å². The Hall–Kier alpha value is -3.19. The van der Waals surface area contributed by atoms with Gasteiger partial charge in [0.15, 0.2) is 0 Å². The molecular weight excluding hydrogens is 416 g/mol. The summed E-state index contributed by atoms with van der Waals surface area (Å²) >= 11 is 6.02. The second-order valence-corrected chi connectivity index (χ2v) is 7.89. The number of carbonyl (C=O) groups is 2. The van der Waals surface area contributed by atoms with Crippen LogP contribution in [0, 0.1) is 6.92 Å². The molecule has 31 heavy (non-hydrogen) atoms. The topological polar surface area (TPSA) is 95.2 Å². The first-order chi connectivity index (χ1) is 14.8. The predicted octanol–water partition coefficient (Wildman–Crippen LogP) is 3.50. The monoisotopic (exact) mass is 440 g/mol. The number of hydrogen-bond donors (Lipinski definition) is 2. The Bertz CT molecular complexity index is 1160. The second kappa shape index (κ2) is 9.75. The molecule has 0 saturated carbocycles. The minimum atomic E-state index is -0.443. The highest BCUT2D eigenvalue weighted by atomic mass is 35.5. The van der Waals surface area contributed by atoms with E-state index in [4.69, 9.17) is 11.6 Å². The fraction of sp³-hybridized carbons (Fsp3) is 0.304. The summed E-state index contributed by atoms with van der Waals surface area (Å²) in [7, 11) is 0. The predicted molar refractivity (Wildman–Crippen MR) is 121 cm³/mol. The molecule has 0 radical (unpaired) electrons. The zero-order valence-corrected chi connectivity index (χ0v) is 18.5. The summed E-state index contributed by atoms with van der Waals surface area (Å²) in [5.74, 6) is 0.0101. The number of nitrogens with one attached hydrogen (secondary N) is 2. The summed E-state index contributed by atoms with van der Waals surface area (Å²) < 4.78 is 0. The molecule has 0 aliphatic carbocycles. The van der Waals surface area contributed by atoms with Crippen LogP contribution in [0.15, 0.2) is 47.3 Å². The average Bonchev–Trinajstić information content (AvgIpc) is 2.71. The van der Waals surface area contributed by atoms with Crippen molar-refractivity contribution in [3.8, 4) is 0 Å². The maximum absolute atomic E-state index is 13.0. The van der Waals surface area contributed by atoms with Crippen LogP contribution in [0.25, 0.3) is 10.9 Å². The first kappa shape index (κ1) is 22.5. The van der Waals surface area contributed by atoms with Crippen LogP contribution in [0.1, 0.15) is 43.3 Å². The van der Waals surface area contributed by atoms with Crippen molar-refractivity contribution in [1.29, 1.82) is 0 Å². The molecule has 3 rings (SSSR count). The Morgan fingerprint density at radius 1 is 1.19 bits per heavy atom. The number of H-pyrrole nitrogens is 1. The molecule has 0 fully saturated rings. The van der Waals surface area contributed by atoms with Crippen LogP contribution in [0.2, 0.25) is 5.02 Å². The Kier molecular flexibility index (Phi) is 7.07. The van der Waals surface area contributed by atoms with E-state index in [1.54, 1.807) is 23.1 Å². The van der Waals surface area contributed by atoms with Gasteiger partial charge >= 0.3 is 0 Å². The fourth-order valence-electron chi connectivity index (χ4n) is 3.39. The molecule has 0 bridgehead atoms. The van der Waals surface area contributed by atoms with Crippen LogP contribution in [0.3, 0.4) is 0 Å². The minimum absolute atomic E-state index is 0.0973. The van der Waals surface area contributed by atoms with E-state index in [1.807, 2.05) is 38.1 Å². The van der Waals surface area contributed by atoms with E-state index in [0.717, 1.165) is 11.1 Å². The molecule has 0 spiro atoms. The molecule has 162 valence electrons. The Morgan fingerprint density at radius 3 is 2.55 bits per heavy atom. The zero-order valence-electron chi connectivity index (χ0n) is 17.7. The van der Waals surface area contributed by atoms with Gasteiger partial charge in [0.05, 0.1) is 29.9 Å². The molecule has 1 heterocycles. The molecule has 7 nitrogen and oxygen atoms in total. The molecule has 2 amide bonds. The summed E-state index contributed by atoms with van der Waals surface area (Å²) in [6.45, 7) is 5.83. The summed E-state index contributed by atoms with van der Waals surface area (Å²) in [5, 5.41) is 3.77. The lowest BCUT2D eigenvalue weighted by Crippen LogP contribution is -2.36. The van der Waals surface area contributed by atoms with Crippen molar-refractivity contribution in [2.45, 2.75) is 39.8 Å². The minimum Gasteiger partial charge on any atom is -0.349 e. The molecule has 0 unspecified atom stereocenters. The van der Waals surface area contributed by atoms with Gasteiger partial charge in [0.25, 0.3) is 5.56 Å². The molecule has 3 aromatic rings. The number of aryl methyl sites for hydroxylation is 1. The van der Waals surface area contributed by atoms with Gasteiger partial charge in [-0.1, -0.05) is 41.4 Å². The van der Waals surface area contributed by atoms with Crippen LogP contribution in [-0.4, -0.2) is 33.2 Å². The summed E-state index contributed by atoms with van der Waals surface area (Å²) in [6, 6.07) is 12.1. The van der Waals surface area contributed by atoms with Crippen molar-refractivity contribution < 1.29 is 9.59 Å². The highest BCUT2D eigenvalue weighted by Gasteiger charge is 2.21. The summed E-state index contributed by atoms with van der Waals surface area (Å²) in [4.78, 5) is 45.9. The summed E-state index contributed by atoms with van der Waals surface area (Å²) in [6.07, 6.45) is 0.0973. The molecule has 8 heteroatoms. The van der Waals surface area contributed by atoms with Crippen LogP contribution in [-0.2, 0) is 16.1 Å². The molecule has 1 atom stereocenters. The smallest absolute Gasteiger partial charge is 0.258 e. The highest BCUT2D eigenvalue weighted by molar-refractivity contribution is 6.31. The number of hydrogen-bond acceptors (Lipinski definition) is 4. The third-order valence-electron chi connectivity index (χ3n) is 5.03. The van der Waals surface area contributed by atoms with E-state index in [-0.39, 0.29) is 30.3 Å². The number of aromatic nitrogens is 2. The Balaban J connectivity index is 1.81. The van der Waals surface area contributed by atoms with Gasteiger partial charge in [-0.15, -0.1) is 0 Å². The van der Waals surface area contributed by atoms with Gasteiger partial charge < -0.3 is 15.2 Å². The molecule has 0 aliphatic rings. The lowest BCUT2D eigenvalue weighted by molar-refractivity contribution is -0.132. The number of aromatic amines is 1. The SMILES string of the molecule is CCN(Cc1nc2cc(Cl)ccc2c(=O)[nH]1)C(=O)C[C@H](NC(C)=O)c1ccc(C)cc1. The van der Waals surface area contributed by atoms with Gasteiger partial charge in [-0.3, -0.25) is 14.4 Å². The van der Waals surface area contributed by atoms with E-state index >= 15 is 0 Å². The number of nitrogens with zero attached hydrogens (tertiary/aromatic N) is 2. The van der Waals surface area contributed by atoms with Gasteiger partial charge in [0.2, 0.25) is 11.8 Å². The Labute approximate surface area is 185 Å². The maximum Gasteiger partial charge on any atom is 0.258 e. The third-order valence-corrected chi connectivity index (χ3v) is 5.26. The number of benzene rings is 2. The molecule has 1 aromatic heterocycles. The number of amides is 2. The number of carbonyl (C=O) groups excluding carboxylic acids is 2. The molecule has 0 aliphatic heterocycles. The van der Waals surface area contributed by atoms with Gasteiger partial charge in [-0.05, 0) is 37.6 Å². The van der Waals surface area contributed by atoms with Crippen LogP contribution < -0.4 is 10.9 Å². The number of halogens is 1. The van der Waals surface area contributed by atoms with E-state index in [2.05, 4.69) is 15.3 Å². The van der Waals surface area contributed by atoms with Gasteiger partial charge in [0.1, 0.15) is 5.82 Å². The van der Waals surface area contributed by atoms with E-state index < -0.39 is 6.04 Å². The van der Waals surface area contributed by atoms with E-state index in [1.165, 1.54) is 6.92 Å². The van der Waals surface area contributed by atoms with Gasteiger partial charge in [0, 0.05) is 18.5 Å². The van der Waals surface area contributed by atoms with Crippen LogP contribution in [0.5, 0.6) is 0 Å². The lowest BCUT2D eigenvalue weighted by atomic mass is 10.0. The van der Waals surface area contributed by atoms with Crippen molar-refractivity contribution in [2.75, 3.05) is 6.54 Å². The molecule has 2 N–H and O–H groups in total.